The third kappa shape index (κ3) is 2.40. The van der Waals surface area contributed by atoms with E-state index in [-0.39, 0.29) is 0 Å². The molecular formula is C16H12ClNO2. The van der Waals surface area contributed by atoms with Crippen LogP contribution in [0.5, 0.6) is 0 Å². The van der Waals surface area contributed by atoms with E-state index in [1.807, 2.05) is 42.6 Å². The molecule has 0 aliphatic heterocycles. The Morgan fingerprint density at radius 2 is 1.85 bits per heavy atom. The molecule has 0 saturated carbocycles. The van der Waals surface area contributed by atoms with Gasteiger partial charge in [-0.1, -0.05) is 23.7 Å². The summed E-state index contributed by atoms with van der Waals surface area (Å²) in [6.45, 7) is 0.729. The van der Waals surface area contributed by atoms with Crippen LogP contribution in [0.15, 0.2) is 54.7 Å². The SMILES string of the molecule is O=C(O)c1ccc2c(ccn2Cc2ccc(Cl)cc2)c1. The summed E-state index contributed by atoms with van der Waals surface area (Å²) in [5, 5.41) is 10.6. The van der Waals surface area contributed by atoms with E-state index in [4.69, 9.17) is 16.7 Å². The maximum Gasteiger partial charge on any atom is 0.335 e. The summed E-state index contributed by atoms with van der Waals surface area (Å²) < 4.78 is 2.09. The van der Waals surface area contributed by atoms with Crippen molar-refractivity contribution in [2.45, 2.75) is 6.54 Å². The summed E-state index contributed by atoms with van der Waals surface area (Å²) in [6.07, 6.45) is 1.96. The van der Waals surface area contributed by atoms with E-state index >= 15 is 0 Å². The van der Waals surface area contributed by atoms with Gasteiger partial charge in [-0.05, 0) is 42.0 Å². The first-order valence-electron chi connectivity index (χ1n) is 6.20. The molecule has 0 spiro atoms. The monoisotopic (exact) mass is 285 g/mol. The van der Waals surface area contributed by atoms with Gasteiger partial charge in [-0.3, -0.25) is 0 Å². The Morgan fingerprint density at radius 1 is 1.10 bits per heavy atom. The number of carboxylic acid groups (broad SMARTS) is 1. The normalized spacial score (nSPS) is 10.8. The zero-order chi connectivity index (χ0) is 14.1. The van der Waals surface area contributed by atoms with Crippen molar-refractivity contribution in [3.63, 3.8) is 0 Å². The highest BCUT2D eigenvalue weighted by atomic mass is 35.5. The highest BCUT2D eigenvalue weighted by molar-refractivity contribution is 6.30. The fourth-order valence-electron chi connectivity index (χ4n) is 2.26. The quantitative estimate of drug-likeness (QED) is 0.789. The Labute approximate surface area is 121 Å². The average Bonchev–Trinajstić information content (AvgIpc) is 2.84. The summed E-state index contributed by atoms with van der Waals surface area (Å²) in [5.74, 6) is -0.905. The van der Waals surface area contributed by atoms with Crippen LogP contribution in [0.1, 0.15) is 15.9 Å². The Hall–Kier alpha value is -2.26. The standard InChI is InChI=1S/C16H12ClNO2/c17-14-4-1-11(2-5-14)10-18-8-7-12-9-13(16(19)20)3-6-15(12)18/h1-9H,10H2,(H,19,20). The van der Waals surface area contributed by atoms with Crippen LogP contribution in [0.25, 0.3) is 10.9 Å². The van der Waals surface area contributed by atoms with E-state index < -0.39 is 5.97 Å². The van der Waals surface area contributed by atoms with Gasteiger partial charge in [-0.15, -0.1) is 0 Å². The predicted molar refractivity (Wildman–Crippen MR) is 79.5 cm³/mol. The second-order valence-corrected chi connectivity index (χ2v) is 5.09. The van der Waals surface area contributed by atoms with Crippen molar-refractivity contribution in [1.82, 2.24) is 4.57 Å². The zero-order valence-corrected chi connectivity index (χ0v) is 11.3. The molecule has 1 heterocycles. The van der Waals surface area contributed by atoms with Gasteiger partial charge in [0.05, 0.1) is 5.56 Å². The summed E-state index contributed by atoms with van der Waals surface area (Å²) in [7, 11) is 0. The second kappa shape index (κ2) is 5.02. The van der Waals surface area contributed by atoms with Crippen molar-refractivity contribution < 1.29 is 9.90 Å². The molecule has 0 saturated heterocycles. The fourth-order valence-corrected chi connectivity index (χ4v) is 2.38. The number of aromatic nitrogens is 1. The van der Waals surface area contributed by atoms with Crippen molar-refractivity contribution in [3.05, 3.63) is 70.9 Å². The van der Waals surface area contributed by atoms with Gasteiger partial charge in [-0.2, -0.15) is 0 Å². The van der Waals surface area contributed by atoms with E-state index in [0.717, 1.165) is 28.0 Å². The van der Waals surface area contributed by atoms with Crippen molar-refractivity contribution >= 4 is 28.5 Å². The Bertz CT molecular complexity index is 775. The fraction of sp³-hybridized carbons (Fsp3) is 0.0625. The van der Waals surface area contributed by atoms with Crippen molar-refractivity contribution in [2.24, 2.45) is 0 Å². The van der Waals surface area contributed by atoms with Crippen LogP contribution in [0.2, 0.25) is 5.02 Å². The number of aromatic carboxylic acids is 1. The summed E-state index contributed by atoms with van der Waals surface area (Å²) >= 11 is 5.87. The van der Waals surface area contributed by atoms with Crippen LogP contribution in [0, 0.1) is 0 Å². The molecule has 0 unspecified atom stereocenters. The molecule has 4 heteroatoms. The number of nitrogens with zero attached hydrogens (tertiary/aromatic N) is 1. The smallest absolute Gasteiger partial charge is 0.335 e. The maximum atomic E-state index is 11.0. The van der Waals surface area contributed by atoms with Crippen LogP contribution < -0.4 is 0 Å². The molecule has 3 rings (SSSR count). The number of fused-ring (bicyclic) bond motifs is 1. The van der Waals surface area contributed by atoms with Crippen LogP contribution in [0.4, 0.5) is 0 Å². The van der Waals surface area contributed by atoms with E-state index in [9.17, 15) is 4.79 Å². The number of carboxylic acids is 1. The van der Waals surface area contributed by atoms with Crippen molar-refractivity contribution in [3.8, 4) is 0 Å². The first-order valence-corrected chi connectivity index (χ1v) is 6.58. The van der Waals surface area contributed by atoms with E-state index in [0.29, 0.717) is 5.56 Å². The van der Waals surface area contributed by atoms with Gasteiger partial charge in [0.1, 0.15) is 0 Å². The van der Waals surface area contributed by atoms with Crippen LogP contribution in [-0.2, 0) is 6.54 Å². The highest BCUT2D eigenvalue weighted by Crippen LogP contribution is 2.19. The van der Waals surface area contributed by atoms with Gasteiger partial charge >= 0.3 is 5.97 Å². The van der Waals surface area contributed by atoms with Crippen LogP contribution in [0.3, 0.4) is 0 Å². The molecular weight excluding hydrogens is 274 g/mol. The summed E-state index contributed by atoms with van der Waals surface area (Å²) in [6, 6.07) is 14.8. The zero-order valence-electron chi connectivity index (χ0n) is 10.6. The lowest BCUT2D eigenvalue weighted by Gasteiger charge is -2.06. The molecule has 0 amide bonds. The lowest BCUT2D eigenvalue weighted by Crippen LogP contribution is -1.99. The lowest BCUT2D eigenvalue weighted by atomic mass is 10.1. The average molecular weight is 286 g/mol. The molecule has 3 aromatic rings. The van der Waals surface area contributed by atoms with E-state index in [1.54, 1.807) is 12.1 Å². The van der Waals surface area contributed by atoms with Gasteiger partial charge in [0, 0.05) is 28.7 Å². The first-order chi connectivity index (χ1) is 9.63. The molecule has 0 aliphatic rings. The Morgan fingerprint density at radius 3 is 2.55 bits per heavy atom. The van der Waals surface area contributed by atoms with E-state index in [1.165, 1.54) is 0 Å². The molecule has 1 N–H and O–H groups in total. The Kier molecular flexibility index (Phi) is 3.20. The van der Waals surface area contributed by atoms with E-state index in [2.05, 4.69) is 4.57 Å². The third-order valence-electron chi connectivity index (χ3n) is 3.28. The molecule has 2 aromatic carbocycles. The summed E-state index contributed by atoms with van der Waals surface area (Å²) in [5.41, 5.74) is 2.47. The number of benzene rings is 2. The molecule has 0 radical (unpaired) electrons. The minimum absolute atomic E-state index is 0.307. The third-order valence-corrected chi connectivity index (χ3v) is 3.54. The topological polar surface area (TPSA) is 42.2 Å². The largest absolute Gasteiger partial charge is 0.478 e. The predicted octanol–water partition coefficient (Wildman–Crippen LogP) is 4.04. The maximum absolute atomic E-state index is 11.0. The number of carbonyl (C=O) groups is 1. The number of hydrogen-bond donors (Lipinski definition) is 1. The molecule has 100 valence electrons. The Balaban J connectivity index is 1.96. The van der Waals surface area contributed by atoms with Gasteiger partial charge in [-0.25, -0.2) is 4.79 Å². The van der Waals surface area contributed by atoms with Gasteiger partial charge in [0.2, 0.25) is 0 Å². The minimum Gasteiger partial charge on any atom is -0.478 e. The van der Waals surface area contributed by atoms with Crippen molar-refractivity contribution in [1.29, 1.82) is 0 Å². The van der Waals surface area contributed by atoms with Crippen molar-refractivity contribution in [2.75, 3.05) is 0 Å². The molecule has 1 aromatic heterocycles. The number of rotatable bonds is 3. The highest BCUT2D eigenvalue weighted by Gasteiger charge is 2.06. The molecule has 20 heavy (non-hydrogen) atoms. The molecule has 0 bridgehead atoms. The molecule has 0 atom stereocenters. The molecule has 0 fully saturated rings. The van der Waals surface area contributed by atoms with Gasteiger partial charge in [0.15, 0.2) is 0 Å². The molecule has 3 nitrogen and oxygen atoms in total. The minimum atomic E-state index is -0.905. The van der Waals surface area contributed by atoms with Gasteiger partial charge in [0.25, 0.3) is 0 Å². The molecule has 0 aliphatic carbocycles. The number of hydrogen-bond acceptors (Lipinski definition) is 1. The summed E-state index contributed by atoms with van der Waals surface area (Å²) in [4.78, 5) is 11.0. The second-order valence-electron chi connectivity index (χ2n) is 4.65. The lowest BCUT2D eigenvalue weighted by molar-refractivity contribution is 0.0697. The van der Waals surface area contributed by atoms with Gasteiger partial charge < -0.3 is 9.67 Å². The number of halogens is 1. The van der Waals surface area contributed by atoms with Crippen LogP contribution >= 0.6 is 11.6 Å². The first kappa shape index (κ1) is 12.8. The van der Waals surface area contributed by atoms with Crippen LogP contribution in [-0.4, -0.2) is 15.6 Å².